The highest BCUT2D eigenvalue weighted by molar-refractivity contribution is 5.82. The number of rotatable bonds is 4. The molecule has 0 radical (unpaired) electrons. The summed E-state index contributed by atoms with van der Waals surface area (Å²) in [5, 5.41) is 11.7. The molecule has 1 unspecified atom stereocenters. The van der Waals surface area contributed by atoms with Crippen LogP contribution in [0.25, 0.3) is 0 Å². The molecule has 2 amide bonds. The second-order valence-corrected chi connectivity index (χ2v) is 5.22. The third kappa shape index (κ3) is 4.39. The van der Waals surface area contributed by atoms with Gasteiger partial charge < -0.3 is 15.3 Å². The number of nitrogens with one attached hydrogen (secondary N) is 1. The number of hydrogen-bond acceptors (Lipinski definition) is 2. The molecule has 102 valence electrons. The lowest BCUT2D eigenvalue weighted by Gasteiger charge is -2.27. The summed E-state index contributed by atoms with van der Waals surface area (Å²) in [5.41, 5.74) is 1.27. The normalized spacial score (nSPS) is 17.3. The molecule has 0 aromatic carbocycles. The Hall–Kier alpha value is -1.52. The van der Waals surface area contributed by atoms with Crippen LogP contribution in [0.1, 0.15) is 33.6 Å². The van der Waals surface area contributed by atoms with E-state index in [9.17, 15) is 9.59 Å². The minimum Gasteiger partial charge on any atom is -0.480 e. The topological polar surface area (TPSA) is 69.6 Å². The van der Waals surface area contributed by atoms with Crippen LogP contribution < -0.4 is 5.32 Å². The number of nitrogens with zero attached hydrogens (tertiary/aromatic N) is 1. The number of carboxylic acid groups (broad SMARTS) is 1. The molecule has 2 N–H and O–H groups in total. The minimum absolute atomic E-state index is 0.231. The summed E-state index contributed by atoms with van der Waals surface area (Å²) in [6, 6.07) is -1.09. The molecule has 18 heavy (non-hydrogen) atoms. The van der Waals surface area contributed by atoms with E-state index in [1.54, 1.807) is 4.90 Å². The average molecular weight is 254 g/mol. The largest absolute Gasteiger partial charge is 0.480 e. The predicted octanol–water partition coefficient (Wildman–Crippen LogP) is 1.85. The van der Waals surface area contributed by atoms with Gasteiger partial charge in [-0.15, -0.1) is 0 Å². The zero-order chi connectivity index (χ0) is 13.7. The first-order chi connectivity index (χ1) is 8.40. The van der Waals surface area contributed by atoms with Crippen LogP contribution in [0.3, 0.4) is 0 Å². The summed E-state index contributed by atoms with van der Waals surface area (Å²) in [6.07, 6.45) is 3.31. The molecule has 0 aromatic heterocycles. The van der Waals surface area contributed by atoms with E-state index in [-0.39, 0.29) is 11.9 Å². The lowest BCUT2D eigenvalue weighted by molar-refractivity contribution is -0.139. The van der Waals surface area contributed by atoms with Gasteiger partial charge in [-0.25, -0.2) is 9.59 Å². The van der Waals surface area contributed by atoms with Gasteiger partial charge in [-0.05, 0) is 25.7 Å². The standard InChI is InChI=1S/C13H22N2O3/c1-9(2)8-11(12(16)17)14-13(18)15-6-4-10(3)5-7-15/h4,9,11H,5-8H2,1-3H3,(H,14,18)(H,16,17). The number of carboxylic acids is 1. The molecular weight excluding hydrogens is 232 g/mol. The molecule has 5 heteroatoms. The Morgan fingerprint density at radius 3 is 2.61 bits per heavy atom. The summed E-state index contributed by atoms with van der Waals surface area (Å²) >= 11 is 0. The second kappa shape index (κ2) is 6.42. The molecule has 1 rings (SSSR count). The van der Waals surface area contributed by atoms with E-state index in [1.807, 2.05) is 26.8 Å². The van der Waals surface area contributed by atoms with Gasteiger partial charge in [0.1, 0.15) is 6.04 Å². The molecule has 1 heterocycles. The molecule has 1 aliphatic heterocycles. The smallest absolute Gasteiger partial charge is 0.326 e. The van der Waals surface area contributed by atoms with Crippen molar-refractivity contribution in [2.24, 2.45) is 5.92 Å². The monoisotopic (exact) mass is 254 g/mol. The SMILES string of the molecule is CC1=CCN(C(=O)NC(CC(C)C)C(=O)O)CC1. The lowest BCUT2D eigenvalue weighted by atomic mass is 10.0. The highest BCUT2D eigenvalue weighted by Gasteiger charge is 2.24. The highest BCUT2D eigenvalue weighted by atomic mass is 16.4. The summed E-state index contributed by atoms with van der Waals surface area (Å²) < 4.78 is 0. The molecule has 0 aromatic rings. The van der Waals surface area contributed by atoms with E-state index < -0.39 is 12.0 Å². The van der Waals surface area contributed by atoms with Crippen LogP contribution in [0.4, 0.5) is 4.79 Å². The maximum Gasteiger partial charge on any atom is 0.326 e. The van der Waals surface area contributed by atoms with Crippen LogP contribution in [0.5, 0.6) is 0 Å². The molecule has 1 aliphatic rings. The van der Waals surface area contributed by atoms with Crippen molar-refractivity contribution in [2.75, 3.05) is 13.1 Å². The number of amides is 2. The third-order valence-corrected chi connectivity index (χ3v) is 3.03. The van der Waals surface area contributed by atoms with Gasteiger partial charge in [-0.2, -0.15) is 0 Å². The van der Waals surface area contributed by atoms with Crippen molar-refractivity contribution in [3.05, 3.63) is 11.6 Å². The highest BCUT2D eigenvalue weighted by Crippen LogP contribution is 2.11. The molecule has 0 aliphatic carbocycles. The Morgan fingerprint density at radius 2 is 2.17 bits per heavy atom. The molecule has 0 saturated heterocycles. The van der Waals surface area contributed by atoms with Crippen molar-refractivity contribution in [1.29, 1.82) is 0 Å². The van der Waals surface area contributed by atoms with Crippen LogP contribution in [-0.2, 0) is 4.79 Å². The first-order valence-electron chi connectivity index (χ1n) is 6.34. The molecule has 0 fully saturated rings. The Bertz CT molecular complexity index is 350. The van der Waals surface area contributed by atoms with Crippen LogP contribution >= 0.6 is 0 Å². The fraction of sp³-hybridized carbons (Fsp3) is 0.692. The van der Waals surface area contributed by atoms with Crippen LogP contribution in [0.2, 0.25) is 0 Å². The van der Waals surface area contributed by atoms with Gasteiger partial charge in [0.2, 0.25) is 0 Å². The van der Waals surface area contributed by atoms with Crippen LogP contribution in [0.15, 0.2) is 11.6 Å². The van der Waals surface area contributed by atoms with Crippen molar-refractivity contribution in [3.63, 3.8) is 0 Å². The van der Waals surface area contributed by atoms with E-state index in [1.165, 1.54) is 5.57 Å². The van der Waals surface area contributed by atoms with Crippen molar-refractivity contribution >= 4 is 12.0 Å². The first-order valence-corrected chi connectivity index (χ1v) is 6.34. The van der Waals surface area contributed by atoms with Gasteiger partial charge in [0, 0.05) is 13.1 Å². The van der Waals surface area contributed by atoms with Crippen LogP contribution in [0, 0.1) is 5.92 Å². The predicted molar refractivity (Wildman–Crippen MR) is 69.4 cm³/mol. The van der Waals surface area contributed by atoms with E-state index in [0.717, 1.165) is 6.42 Å². The Balaban J connectivity index is 2.53. The van der Waals surface area contributed by atoms with Gasteiger partial charge in [0.15, 0.2) is 0 Å². The Morgan fingerprint density at radius 1 is 1.50 bits per heavy atom. The van der Waals surface area contributed by atoms with E-state index in [4.69, 9.17) is 5.11 Å². The maximum atomic E-state index is 11.9. The lowest BCUT2D eigenvalue weighted by Crippen LogP contribution is -2.49. The first kappa shape index (κ1) is 14.5. The summed E-state index contributed by atoms with van der Waals surface area (Å²) in [5.74, 6) is -0.740. The molecule has 0 saturated carbocycles. The second-order valence-electron chi connectivity index (χ2n) is 5.22. The van der Waals surface area contributed by atoms with E-state index in [0.29, 0.717) is 19.5 Å². The van der Waals surface area contributed by atoms with Gasteiger partial charge in [-0.3, -0.25) is 0 Å². The van der Waals surface area contributed by atoms with Gasteiger partial charge in [-0.1, -0.05) is 25.5 Å². The minimum atomic E-state index is -0.971. The van der Waals surface area contributed by atoms with Crippen molar-refractivity contribution in [3.8, 4) is 0 Å². The van der Waals surface area contributed by atoms with Gasteiger partial charge >= 0.3 is 12.0 Å². The van der Waals surface area contributed by atoms with Gasteiger partial charge in [0.25, 0.3) is 0 Å². The summed E-state index contributed by atoms with van der Waals surface area (Å²) in [6.45, 7) is 7.13. The van der Waals surface area contributed by atoms with Crippen molar-refractivity contribution in [2.45, 2.75) is 39.7 Å². The van der Waals surface area contributed by atoms with Gasteiger partial charge in [0.05, 0.1) is 0 Å². The average Bonchev–Trinajstić information content (AvgIpc) is 2.28. The Labute approximate surface area is 108 Å². The molecule has 1 atom stereocenters. The van der Waals surface area contributed by atoms with E-state index in [2.05, 4.69) is 5.32 Å². The zero-order valence-corrected chi connectivity index (χ0v) is 11.3. The molecular formula is C13H22N2O3. The number of aliphatic carboxylic acids is 1. The van der Waals surface area contributed by atoms with Crippen LogP contribution in [-0.4, -0.2) is 41.1 Å². The summed E-state index contributed by atoms with van der Waals surface area (Å²) in [7, 11) is 0. The summed E-state index contributed by atoms with van der Waals surface area (Å²) in [4.78, 5) is 24.6. The van der Waals surface area contributed by atoms with Crippen molar-refractivity contribution in [1.82, 2.24) is 10.2 Å². The number of carbonyl (C=O) groups excluding carboxylic acids is 1. The van der Waals surface area contributed by atoms with Crippen molar-refractivity contribution < 1.29 is 14.7 Å². The maximum absolute atomic E-state index is 11.9. The molecule has 5 nitrogen and oxygen atoms in total. The fourth-order valence-electron chi connectivity index (χ4n) is 1.89. The fourth-order valence-corrected chi connectivity index (χ4v) is 1.89. The zero-order valence-electron chi connectivity index (χ0n) is 11.3. The van der Waals surface area contributed by atoms with E-state index >= 15 is 0 Å². The quantitative estimate of drug-likeness (QED) is 0.752. The molecule has 0 spiro atoms. The third-order valence-electron chi connectivity index (χ3n) is 3.03. The number of hydrogen-bond donors (Lipinski definition) is 2. The number of urea groups is 1. The number of carbonyl (C=O) groups is 2. The Kier molecular flexibility index (Phi) is 5.19. The molecule has 0 bridgehead atoms.